The molecule has 0 aliphatic carbocycles. The van der Waals surface area contributed by atoms with E-state index in [-0.39, 0.29) is 5.91 Å². The molecule has 2 aromatic heterocycles. The fourth-order valence-corrected chi connectivity index (χ4v) is 3.03. The molecule has 0 spiro atoms. The lowest BCUT2D eigenvalue weighted by atomic mass is 10.2. The van der Waals surface area contributed by atoms with Crippen molar-refractivity contribution in [1.82, 2.24) is 9.97 Å². The summed E-state index contributed by atoms with van der Waals surface area (Å²) in [5.41, 5.74) is 2.93. The van der Waals surface area contributed by atoms with Crippen LogP contribution in [0.25, 0.3) is 22.6 Å². The van der Waals surface area contributed by atoms with Crippen molar-refractivity contribution in [1.29, 1.82) is 0 Å². The smallest absolute Gasteiger partial charge is 0.255 e. The number of hydrogen-bond donors (Lipinski definition) is 1. The number of carbonyl (C=O) groups excluding carboxylic acids is 1. The van der Waals surface area contributed by atoms with Gasteiger partial charge in [0.2, 0.25) is 5.89 Å². The molecular weight excluding hydrogens is 373 g/mol. The molecule has 26 heavy (non-hydrogen) atoms. The highest BCUT2D eigenvalue weighted by atomic mass is 35.5. The highest BCUT2D eigenvalue weighted by Gasteiger charge is 2.13. The first-order chi connectivity index (χ1) is 12.6. The molecule has 2 heterocycles. The highest BCUT2D eigenvalue weighted by Crippen LogP contribution is 2.29. The van der Waals surface area contributed by atoms with Gasteiger partial charge in [0.1, 0.15) is 5.52 Å². The van der Waals surface area contributed by atoms with Crippen LogP contribution in [0, 0.1) is 0 Å². The Hall–Kier alpha value is -2.89. The van der Waals surface area contributed by atoms with Crippen LogP contribution < -0.4 is 5.32 Å². The number of carbonyl (C=O) groups is 1. The van der Waals surface area contributed by atoms with Crippen LogP contribution in [0.1, 0.15) is 10.4 Å². The van der Waals surface area contributed by atoms with Gasteiger partial charge < -0.3 is 9.73 Å². The Kier molecular flexibility index (Phi) is 4.32. The molecule has 0 saturated carbocycles. The van der Waals surface area contributed by atoms with E-state index >= 15 is 0 Å². The van der Waals surface area contributed by atoms with E-state index in [9.17, 15) is 4.79 Å². The Bertz CT molecular complexity index is 1090. The summed E-state index contributed by atoms with van der Waals surface area (Å²) in [7, 11) is 0. The molecule has 0 fully saturated rings. The normalized spacial score (nSPS) is 10.8. The Labute approximate surface area is 158 Å². The third-order valence-electron chi connectivity index (χ3n) is 3.70. The predicted molar refractivity (Wildman–Crippen MR) is 102 cm³/mol. The number of nitrogens with one attached hydrogen (secondary N) is 1. The fraction of sp³-hybridized carbons (Fsp3) is 0. The van der Waals surface area contributed by atoms with Crippen LogP contribution in [0.15, 0.2) is 65.3 Å². The lowest BCUT2D eigenvalue weighted by Crippen LogP contribution is -2.11. The van der Waals surface area contributed by atoms with Crippen molar-refractivity contribution in [3.05, 3.63) is 76.5 Å². The van der Waals surface area contributed by atoms with Crippen LogP contribution in [0.5, 0.6) is 0 Å². The van der Waals surface area contributed by atoms with Gasteiger partial charge in [0.15, 0.2) is 5.58 Å². The third kappa shape index (κ3) is 3.40. The van der Waals surface area contributed by atoms with Gasteiger partial charge in [-0.15, -0.1) is 0 Å². The molecule has 0 saturated heterocycles. The number of hydrogen-bond acceptors (Lipinski definition) is 4. The third-order valence-corrected chi connectivity index (χ3v) is 4.13. The van der Waals surface area contributed by atoms with E-state index in [1.54, 1.807) is 60.9 Å². The molecule has 0 radical (unpaired) electrons. The van der Waals surface area contributed by atoms with Crippen LogP contribution in [-0.2, 0) is 0 Å². The number of halogens is 2. The maximum atomic E-state index is 12.4. The summed E-state index contributed by atoms with van der Waals surface area (Å²) in [6, 6.07) is 13.6. The number of fused-ring (bicyclic) bond motifs is 1. The van der Waals surface area contributed by atoms with Crippen molar-refractivity contribution in [3.8, 4) is 11.5 Å². The molecule has 1 amide bonds. The van der Waals surface area contributed by atoms with E-state index in [0.717, 1.165) is 0 Å². The van der Waals surface area contributed by atoms with E-state index in [0.29, 0.717) is 43.9 Å². The Balaban J connectivity index is 1.66. The second kappa shape index (κ2) is 6.78. The predicted octanol–water partition coefficient (Wildman–Crippen LogP) is 5.45. The summed E-state index contributed by atoms with van der Waals surface area (Å²) < 4.78 is 5.79. The van der Waals surface area contributed by atoms with Gasteiger partial charge in [-0.05, 0) is 48.5 Å². The maximum absolute atomic E-state index is 12.4. The van der Waals surface area contributed by atoms with Crippen LogP contribution in [0.3, 0.4) is 0 Å². The molecule has 4 rings (SSSR count). The van der Waals surface area contributed by atoms with Gasteiger partial charge in [-0.1, -0.05) is 23.2 Å². The first-order valence-corrected chi connectivity index (χ1v) is 8.42. The number of nitrogens with zero attached hydrogens (tertiary/aromatic N) is 2. The van der Waals surface area contributed by atoms with E-state index < -0.39 is 0 Å². The largest absolute Gasteiger partial charge is 0.436 e. The number of oxazole rings is 1. The van der Waals surface area contributed by atoms with Crippen molar-refractivity contribution in [2.75, 3.05) is 5.32 Å². The molecule has 4 aromatic rings. The Morgan fingerprint density at radius 1 is 0.962 bits per heavy atom. The molecule has 5 nitrogen and oxygen atoms in total. The van der Waals surface area contributed by atoms with Gasteiger partial charge in [0.05, 0.1) is 0 Å². The molecule has 0 aliphatic heterocycles. The molecule has 0 bridgehead atoms. The lowest BCUT2D eigenvalue weighted by molar-refractivity contribution is 0.102. The zero-order chi connectivity index (χ0) is 18.1. The second-order valence-electron chi connectivity index (χ2n) is 5.55. The number of anilines is 1. The first-order valence-electron chi connectivity index (χ1n) is 7.67. The van der Waals surface area contributed by atoms with Crippen molar-refractivity contribution >= 4 is 45.9 Å². The van der Waals surface area contributed by atoms with Gasteiger partial charge in [0, 0.05) is 39.3 Å². The van der Waals surface area contributed by atoms with Gasteiger partial charge in [-0.2, -0.15) is 0 Å². The van der Waals surface area contributed by atoms with Crippen LogP contribution in [0.4, 0.5) is 5.69 Å². The molecule has 2 aromatic carbocycles. The zero-order valence-corrected chi connectivity index (χ0v) is 14.8. The monoisotopic (exact) mass is 383 g/mol. The fourth-order valence-electron chi connectivity index (χ4n) is 2.51. The summed E-state index contributed by atoms with van der Waals surface area (Å²) in [5.74, 6) is 0.137. The molecule has 0 atom stereocenters. The number of rotatable bonds is 3. The number of pyridine rings is 1. The van der Waals surface area contributed by atoms with Gasteiger partial charge in [-0.3, -0.25) is 9.78 Å². The van der Waals surface area contributed by atoms with Crippen molar-refractivity contribution in [2.45, 2.75) is 0 Å². The van der Waals surface area contributed by atoms with E-state index in [1.165, 1.54) is 0 Å². The quantitative estimate of drug-likeness (QED) is 0.510. The molecule has 0 aliphatic rings. The maximum Gasteiger partial charge on any atom is 0.255 e. The first kappa shape index (κ1) is 16.6. The van der Waals surface area contributed by atoms with E-state index in [2.05, 4.69) is 15.3 Å². The highest BCUT2D eigenvalue weighted by molar-refractivity contribution is 6.35. The summed E-state index contributed by atoms with van der Waals surface area (Å²) >= 11 is 12.1. The van der Waals surface area contributed by atoms with Gasteiger partial charge in [-0.25, -0.2) is 4.98 Å². The summed E-state index contributed by atoms with van der Waals surface area (Å²) in [5, 5.41) is 3.79. The van der Waals surface area contributed by atoms with Crippen molar-refractivity contribution in [2.24, 2.45) is 0 Å². The van der Waals surface area contributed by atoms with E-state index in [1.807, 2.05) is 0 Å². The van der Waals surface area contributed by atoms with Gasteiger partial charge >= 0.3 is 0 Å². The molecule has 1 N–H and O–H groups in total. The van der Waals surface area contributed by atoms with Crippen LogP contribution in [0.2, 0.25) is 10.0 Å². The minimum absolute atomic E-state index is 0.248. The van der Waals surface area contributed by atoms with Gasteiger partial charge in [0.25, 0.3) is 5.91 Å². The molecular formula is C19H11Cl2N3O2. The average molecular weight is 384 g/mol. The minimum atomic E-state index is -0.248. The summed E-state index contributed by atoms with van der Waals surface area (Å²) in [6.45, 7) is 0. The van der Waals surface area contributed by atoms with Crippen LogP contribution >= 0.6 is 23.2 Å². The Morgan fingerprint density at radius 3 is 2.42 bits per heavy atom. The molecule has 7 heteroatoms. The standard InChI is InChI=1S/C19H11Cl2N3O2/c20-13-7-12(8-14(21)10-13)19-24-16-2-1-11(9-17(16)26-19)18(25)23-15-3-5-22-6-4-15/h1-10H,(H,22,23,25). The lowest BCUT2D eigenvalue weighted by Gasteiger charge is -2.04. The van der Waals surface area contributed by atoms with Crippen molar-refractivity contribution < 1.29 is 9.21 Å². The number of benzene rings is 2. The second-order valence-corrected chi connectivity index (χ2v) is 6.42. The topological polar surface area (TPSA) is 68.0 Å². The summed E-state index contributed by atoms with van der Waals surface area (Å²) in [6.07, 6.45) is 3.22. The molecule has 0 unspecified atom stereocenters. The zero-order valence-electron chi connectivity index (χ0n) is 13.2. The number of aromatic nitrogens is 2. The SMILES string of the molecule is O=C(Nc1ccncc1)c1ccc2nc(-c3cc(Cl)cc(Cl)c3)oc2c1. The van der Waals surface area contributed by atoms with E-state index in [4.69, 9.17) is 27.6 Å². The minimum Gasteiger partial charge on any atom is -0.436 e. The average Bonchev–Trinajstić information content (AvgIpc) is 3.05. The molecule has 128 valence electrons. The van der Waals surface area contributed by atoms with Crippen molar-refractivity contribution in [3.63, 3.8) is 0 Å². The summed E-state index contributed by atoms with van der Waals surface area (Å²) in [4.78, 5) is 20.7. The van der Waals surface area contributed by atoms with Crippen LogP contribution in [-0.4, -0.2) is 15.9 Å². The Morgan fingerprint density at radius 2 is 1.69 bits per heavy atom. The number of amides is 1.